The number of benzene rings is 1. The summed E-state index contributed by atoms with van der Waals surface area (Å²) in [5, 5.41) is 6.02. The van der Waals surface area contributed by atoms with Crippen molar-refractivity contribution in [1.29, 1.82) is 0 Å². The fraction of sp³-hybridized carbons (Fsp3) is 0.421. The third-order valence-corrected chi connectivity index (χ3v) is 4.68. The maximum atomic E-state index is 12.2. The van der Waals surface area contributed by atoms with Crippen LogP contribution in [0.3, 0.4) is 0 Å². The first kappa shape index (κ1) is 21.3. The normalized spacial score (nSPS) is 12.5. The number of halogens is 1. The van der Waals surface area contributed by atoms with Gasteiger partial charge in [-0.05, 0) is 39.0 Å². The Kier molecular flexibility index (Phi) is 6.97. The first-order chi connectivity index (χ1) is 12.5. The van der Waals surface area contributed by atoms with Gasteiger partial charge in [0.15, 0.2) is 11.7 Å². The molecule has 0 aliphatic rings. The molecule has 0 radical (unpaired) electrons. The standard InChI is InChI=1S/C19H25ClN4O2S/c1-13(25)24(16-8-6-7-14(20)9-16)18-21-15(12-27-18)10-23(5)11-17(26)22-19(2,3)4/h6-9,12H,10-11H2,1-5H3,(H,22,26)/p+1. The Hall–Kier alpha value is -1.96. The monoisotopic (exact) mass is 409 g/mol. The molecule has 27 heavy (non-hydrogen) atoms. The first-order valence-electron chi connectivity index (χ1n) is 8.68. The molecule has 1 aromatic carbocycles. The molecule has 2 N–H and O–H groups in total. The number of amides is 2. The molecule has 0 bridgehead atoms. The van der Waals surface area contributed by atoms with E-state index >= 15 is 0 Å². The third kappa shape index (κ3) is 6.61. The number of carbonyl (C=O) groups is 2. The predicted molar refractivity (Wildman–Crippen MR) is 110 cm³/mol. The van der Waals surface area contributed by atoms with E-state index < -0.39 is 0 Å². The zero-order valence-electron chi connectivity index (χ0n) is 16.3. The molecule has 8 heteroatoms. The van der Waals surface area contributed by atoms with Gasteiger partial charge in [-0.2, -0.15) is 0 Å². The first-order valence-corrected chi connectivity index (χ1v) is 9.94. The summed E-state index contributed by atoms with van der Waals surface area (Å²) in [6.45, 7) is 8.32. The van der Waals surface area contributed by atoms with Crippen molar-refractivity contribution in [3.05, 3.63) is 40.4 Å². The highest BCUT2D eigenvalue weighted by Crippen LogP contribution is 2.30. The summed E-state index contributed by atoms with van der Waals surface area (Å²) in [5.41, 5.74) is 1.27. The summed E-state index contributed by atoms with van der Waals surface area (Å²) in [5.74, 6) is -0.136. The van der Waals surface area contributed by atoms with E-state index in [-0.39, 0.29) is 17.4 Å². The van der Waals surface area contributed by atoms with Gasteiger partial charge in [0.2, 0.25) is 5.91 Å². The zero-order chi connectivity index (χ0) is 20.2. The molecule has 0 fully saturated rings. The van der Waals surface area contributed by atoms with Crippen LogP contribution in [0.15, 0.2) is 29.6 Å². The lowest BCUT2D eigenvalue weighted by Gasteiger charge is -2.21. The minimum absolute atomic E-state index is 0.000238. The highest BCUT2D eigenvalue weighted by atomic mass is 35.5. The summed E-state index contributed by atoms with van der Waals surface area (Å²) in [7, 11) is 1.95. The average molecular weight is 410 g/mol. The molecule has 0 saturated heterocycles. The minimum atomic E-state index is -0.246. The molecule has 2 amide bonds. The smallest absolute Gasteiger partial charge is 0.275 e. The summed E-state index contributed by atoms with van der Waals surface area (Å²) < 4.78 is 0. The van der Waals surface area contributed by atoms with E-state index in [0.717, 1.165) is 10.6 Å². The fourth-order valence-electron chi connectivity index (χ4n) is 2.63. The number of anilines is 2. The van der Waals surface area contributed by atoms with Crippen LogP contribution in [0.1, 0.15) is 33.4 Å². The molecule has 0 aliphatic heterocycles. The van der Waals surface area contributed by atoms with Crippen molar-refractivity contribution in [1.82, 2.24) is 10.3 Å². The van der Waals surface area contributed by atoms with Crippen molar-refractivity contribution in [2.45, 2.75) is 39.8 Å². The lowest BCUT2D eigenvalue weighted by atomic mass is 10.1. The molecule has 2 rings (SSSR count). The Morgan fingerprint density at radius 2 is 2.04 bits per heavy atom. The Morgan fingerprint density at radius 1 is 1.33 bits per heavy atom. The molecule has 1 aromatic heterocycles. The maximum absolute atomic E-state index is 12.2. The van der Waals surface area contributed by atoms with Crippen molar-refractivity contribution in [3.8, 4) is 0 Å². The number of hydrogen-bond acceptors (Lipinski definition) is 4. The van der Waals surface area contributed by atoms with Crippen LogP contribution in [0.2, 0.25) is 5.02 Å². The van der Waals surface area contributed by atoms with Crippen LogP contribution in [-0.4, -0.2) is 35.9 Å². The third-order valence-electron chi connectivity index (χ3n) is 3.57. The van der Waals surface area contributed by atoms with E-state index in [9.17, 15) is 9.59 Å². The van der Waals surface area contributed by atoms with Gasteiger partial charge >= 0.3 is 0 Å². The van der Waals surface area contributed by atoms with E-state index in [4.69, 9.17) is 11.6 Å². The lowest BCUT2D eigenvalue weighted by Crippen LogP contribution is -3.09. The molecular weight excluding hydrogens is 384 g/mol. The second-order valence-electron chi connectivity index (χ2n) is 7.56. The number of likely N-dealkylation sites (N-methyl/N-ethyl adjacent to an activating group) is 1. The van der Waals surface area contributed by atoms with Gasteiger partial charge < -0.3 is 10.2 Å². The van der Waals surface area contributed by atoms with E-state index in [1.54, 1.807) is 23.1 Å². The number of rotatable bonds is 6. The van der Waals surface area contributed by atoms with Crippen molar-refractivity contribution >= 4 is 45.6 Å². The van der Waals surface area contributed by atoms with Crippen molar-refractivity contribution in [3.63, 3.8) is 0 Å². The number of thiazole rings is 1. The summed E-state index contributed by atoms with van der Waals surface area (Å²) in [6.07, 6.45) is 0. The topological polar surface area (TPSA) is 66.7 Å². The predicted octanol–water partition coefficient (Wildman–Crippen LogP) is 2.41. The van der Waals surface area contributed by atoms with Gasteiger partial charge in [-0.1, -0.05) is 17.7 Å². The van der Waals surface area contributed by atoms with Crippen LogP contribution in [-0.2, 0) is 16.1 Å². The van der Waals surface area contributed by atoms with Gasteiger partial charge in [0.25, 0.3) is 5.91 Å². The van der Waals surface area contributed by atoms with Gasteiger partial charge in [-0.25, -0.2) is 4.98 Å². The highest BCUT2D eigenvalue weighted by molar-refractivity contribution is 7.14. The Morgan fingerprint density at radius 3 is 2.63 bits per heavy atom. The molecule has 1 unspecified atom stereocenters. The molecule has 2 aromatic rings. The quantitative estimate of drug-likeness (QED) is 0.769. The van der Waals surface area contributed by atoms with E-state index in [1.807, 2.05) is 39.3 Å². The summed E-state index contributed by atoms with van der Waals surface area (Å²) in [4.78, 5) is 31.4. The second-order valence-corrected chi connectivity index (χ2v) is 8.84. The highest BCUT2D eigenvalue weighted by Gasteiger charge is 2.21. The molecule has 0 saturated carbocycles. The second kappa shape index (κ2) is 8.82. The SMILES string of the molecule is CC(=O)N(c1cccc(Cl)c1)c1nc(C[NH+](C)CC(=O)NC(C)(C)C)cs1. The maximum Gasteiger partial charge on any atom is 0.275 e. The fourth-order valence-corrected chi connectivity index (χ4v) is 3.70. The van der Waals surface area contributed by atoms with Crippen LogP contribution < -0.4 is 15.1 Å². The largest absolute Gasteiger partial charge is 0.347 e. The number of quaternary nitrogens is 1. The Labute approximate surface area is 169 Å². The molecule has 1 heterocycles. The van der Waals surface area contributed by atoms with E-state index in [0.29, 0.717) is 28.9 Å². The van der Waals surface area contributed by atoms with E-state index in [2.05, 4.69) is 10.3 Å². The van der Waals surface area contributed by atoms with Crippen molar-refractivity contribution < 1.29 is 14.5 Å². The Balaban J connectivity index is 2.08. The molecule has 0 aliphatic carbocycles. The van der Waals surface area contributed by atoms with Crippen molar-refractivity contribution in [2.24, 2.45) is 0 Å². The van der Waals surface area contributed by atoms with Crippen LogP contribution in [0, 0.1) is 0 Å². The number of aromatic nitrogens is 1. The van der Waals surface area contributed by atoms with Crippen LogP contribution in [0.4, 0.5) is 10.8 Å². The number of carbonyl (C=O) groups excluding carboxylic acids is 2. The van der Waals surface area contributed by atoms with Crippen LogP contribution >= 0.6 is 22.9 Å². The molecule has 6 nitrogen and oxygen atoms in total. The number of nitrogens with zero attached hydrogens (tertiary/aromatic N) is 2. The summed E-state index contributed by atoms with van der Waals surface area (Å²) >= 11 is 7.45. The van der Waals surface area contributed by atoms with Crippen LogP contribution in [0.5, 0.6) is 0 Å². The zero-order valence-corrected chi connectivity index (χ0v) is 17.9. The molecular formula is C19H26ClN4O2S+. The average Bonchev–Trinajstić information content (AvgIpc) is 2.92. The van der Waals surface area contributed by atoms with Crippen molar-refractivity contribution in [2.75, 3.05) is 18.5 Å². The van der Waals surface area contributed by atoms with Crippen LogP contribution in [0.25, 0.3) is 0 Å². The number of nitrogens with one attached hydrogen (secondary N) is 2. The van der Waals surface area contributed by atoms with Gasteiger partial charge in [-0.3, -0.25) is 14.5 Å². The van der Waals surface area contributed by atoms with Gasteiger partial charge in [0, 0.05) is 22.9 Å². The van der Waals surface area contributed by atoms with Gasteiger partial charge in [-0.15, -0.1) is 11.3 Å². The lowest BCUT2D eigenvalue weighted by molar-refractivity contribution is -0.885. The van der Waals surface area contributed by atoms with Gasteiger partial charge in [0.1, 0.15) is 12.2 Å². The molecule has 1 atom stereocenters. The number of hydrogen-bond donors (Lipinski definition) is 2. The minimum Gasteiger partial charge on any atom is -0.347 e. The molecule has 0 spiro atoms. The summed E-state index contributed by atoms with van der Waals surface area (Å²) in [6, 6.07) is 7.12. The molecule has 146 valence electrons. The van der Waals surface area contributed by atoms with E-state index in [1.165, 1.54) is 18.3 Å². The Bertz CT molecular complexity index is 816. The van der Waals surface area contributed by atoms with Gasteiger partial charge in [0.05, 0.1) is 12.7 Å².